The van der Waals surface area contributed by atoms with E-state index in [0.717, 1.165) is 0 Å². The molecule has 2 rings (SSSR count). The lowest BCUT2D eigenvalue weighted by Gasteiger charge is -2.07. The number of nitriles is 1. The summed E-state index contributed by atoms with van der Waals surface area (Å²) < 4.78 is 0. The average Bonchev–Trinajstić information content (AvgIpc) is 2.51. The van der Waals surface area contributed by atoms with Gasteiger partial charge < -0.3 is 10.6 Å². The predicted molar refractivity (Wildman–Crippen MR) is 89.5 cm³/mol. The molecule has 0 bridgehead atoms. The van der Waals surface area contributed by atoms with Gasteiger partial charge in [-0.3, -0.25) is 9.59 Å². The Morgan fingerprint density at radius 1 is 0.957 bits per heavy atom. The highest BCUT2D eigenvalue weighted by Crippen LogP contribution is 2.25. The van der Waals surface area contributed by atoms with Crippen LogP contribution in [0.3, 0.4) is 0 Å². The van der Waals surface area contributed by atoms with E-state index in [1.54, 1.807) is 30.3 Å². The monoisotopic (exact) mass is 347 g/mol. The molecule has 0 spiro atoms. The van der Waals surface area contributed by atoms with Crippen LogP contribution in [0.25, 0.3) is 0 Å². The number of carbonyl (C=O) groups is 2. The predicted octanol–water partition coefficient (Wildman–Crippen LogP) is 3.83. The van der Waals surface area contributed by atoms with E-state index in [4.69, 9.17) is 28.5 Å². The number of rotatable bonds is 4. The number of amides is 2. The molecule has 0 aliphatic rings. The van der Waals surface area contributed by atoms with Crippen LogP contribution in [-0.4, -0.2) is 11.8 Å². The van der Waals surface area contributed by atoms with Crippen molar-refractivity contribution in [3.8, 4) is 6.07 Å². The van der Waals surface area contributed by atoms with Crippen molar-refractivity contribution < 1.29 is 9.59 Å². The first-order valence-corrected chi connectivity index (χ1v) is 7.28. The lowest BCUT2D eigenvalue weighted by atomic mass is 10.2. The van der Waals surface area contributed by atoms with E-state index in [9.17, 15) is 9.59 Å². The summed E-state index contributed by atoms with van der Waals surface area (Å²) >= 11 is 11.6. The van der Waals surface area contributed by atoms with Crippen LogP contribution in [0.2, 0.25) is 10.0 Å². The number of halogens is 2. The summed E-state index contributed by atoms with van der Waals surface area (Å²) in [5.74, 6) is -0.977. The first kappa shape index (κ1) is 16.8. The number of hydrogen-bond acceptors (Lipinski definition) is 3. The maximum absolute atomic E-state index is 11.8. The SMILES string of the molecule is N#Cc1cccc(NC(=O)CC(=O)Nc2ccc(Cl)c(Cl)c2)c1. The topological polar surface area (TPSA) is 82.0 Å². The highest BCUT2D eigenvalue weighted by Gasteiger charge is 2.11. The van der Waals surface area contributed by atoms with Crippen LogP contribution >= 0.6 is 23.2 Å². The van der Waals surface area contributed by atoms with Gasteiger partial charge in [-0.1, -0.05) is 29.3 Å². The smallest absolute Gasteiger partial charge is 0.233 e. The fraction of sp³-hybridized carbons (Fsp3) is 0.0625. The fourth-order valence-corrected chi connectivity index (χ4v) is 2.09. The molecule has 2 amide bonds. The molecule has 0 saturated carbocycles. The van der Waals surface area contributed by atoms with Crippen LogP contribution in [0.5, 0.6) is 0 Å². The lowest BCUT2D eigenvalue weighted by Crippen LogP contribution is -2.21. The van der Waals surface area contributed by atoms with Crippen LogP contribution in [0.4, 0.5) is 11.4 Å². The van der Waals surface area contributed by atoms with E-state index >= 15 is 0 Å². The molecule has 0 fully saturated rings. The summed E-state index contributed by atoms with van der Waals surface area (Å²) in [6, 6.07) is 13.0. The van der Waals surface area contributed by atoms with Crippen LogP contribution in [0.1, 0.15) is 12.0 Å². The molecule has 2 N–H and O–H groups in total. The number of anilines is 2. The van der Waals surface area contributed by atoms with Crippen molar-refractivity contribution in [2.45, 2.75) is 6.42 Å². The largest absolute Gasteiger partial charge is 0.326 e. The van der Waals surface area contributed by atoms with Crippen molar-refractivity contribution in [1.29, 1.82) is 5.26 Å². The third kappa shape index (κ3) is 4.99. The molecule has 0 aromatic heterocycles. The molecular formula is C16H11Cl2N3O2. The highest BCUT2D eigenvalue weighted by molar-refractivity contribution is 6.42. The minimum atomic E-state index is -0.489. The Balaban J connectivity index is 1.93. The third-order valence-corrected chi connectivity index (χ3v) is 3.54. The molecule has 2 aromatic rings. The van der Waals surface area contributed by atoms with E-state index in [1.165, 1.54) is 12.1 Å². The first-order chi connectivity index (χ1) is 11.0. The number of benzene rings is 2. The van der Waals surface area contributed by atoms with Gasteiger partial charge in [-0.05, 0) is 36.4 Å². The molecule has 2 aromatic carbocycles. The average molecular weight is 348 g/mol. The molecule has 0 atom stereocenters. The zero-order valence-corrected chi connectivity index (χ0v) is 13.3. The van der Waals surface area contributed by atoms with Crippen molar-refractivity contribution in [1.82, 2.24) is 0 Å². The maximum atomic E-state index is 11.8. The highest BCUT2D eigenvalue weighted by atomic mass is 35.5. The van der Waals surface area contributed by atoms with Gasteiger partial charge in [-0.15, -0.1) is 0 Å². The van der Waals surface area contributed by atoms with Crippen LogP contribution in [-0.2, 0) is 9.59 Å². The maximum Gasteiger partial charge on any atom is 0.233 e. The Hall–Kier alpha value is -2.55. The summed E-state index contributed by atoms with van der Waals surface area (Å²) in [6.07, 6.45) is -0.364. The third-order valence-electron chi connectivity index (χ3n) is 2.80. The van der Waals surface area contributed by atoms with Gasteiger partial charge in [-0.25, -0.2) is 0 Å². The Morgan fingerprint density at radius 2 is 1.61 bits per heavy atom. The molecule has 0 aliphatic carbocycles. The Morgan fingerprint density at radius 3 is 2.22 bits per heavy atom. The standard InChI is InChI=1S/C16H11Cl2N3O2/c17-13-5-4-12(7-14(13)18)21-16(23)8-15(22)20-11-3-1-2-10(6-11)9-19/h1-7H,8H2,(H,20,22)(H,21,23). The van der Waals surface area contributed by atoms with Crippen molar-refractivity contribution in [2.75, 3.05) is 10.6 Å². The van der Waals surface area contributed by atoms with E-state index in [2.05, 4.69) is 10.6 Å². The second-order valence-corrected chi connectivity index (χ2v) is 5.41. The van der Waals surface area contributed by atoms with Crippen LogP contribution < -0.4 is 10.6 Å². The van der Waals surface area contributed by atoms with Gasteiger partial charge >= 0.3 is 0 Å². The van der Waals surface area contributed by atoms with Gasteiger partial charge in [0.05, 0.1) is 21.7 Å². The van der Waals surface area contributed by atoms with Crippen molar-refractivity contribution in [3.63, 3.8) is 0 Å². The molecule has 0 aliphatic heterocycles. The number of nitrogens with one attached hydrogen (secondary N) is 2. The molecule has 5 nitrogen and oxygen atoms in total. The summed E-state index contributed by atoms with van der Waals surface area (Å²) in [6.45, 7) is 0. The van der Waals surface area contributed by atoms with Gasteiger partial charge in [0.25, 0.3) is 0 Å². The Labute approximate surface area is 142 Å². The Bertz CT molecular complexity index is 800. The normalized spacial score (nSPS) is 9.78. The number of hydrogen-bond donors (Lipinski definition) is 2. The second-order valence-electron chi connectivity index (χ2n) is 4.59. The van der Waals surface area contributed by atoms with Gasteiger partial charge in [0, 0.05) is 11.4 Å². The van der Waals surface area contributed by atoms with Crippen LogP contribution in [0.15, 0.2) is 42.5 Å². The van der Waals surface area contributed by atoms with E-state index in [0.29, 0.717) is 27.0 Å². The number of carbonyl (C=O) groups excluding carboxylic acids is 2. The molecule has 7 heteroatoms. The van der Waals surface area contributed by atoms with Crippen molar-refractivity contribution >= 4 is 46.4 Å². The van der Waals surface area contributed by atoms with E-state index in [-0.39, 0.29) is 6.42 Å². The van der Waals surface area contributed by atoms with Crippen molar-refractivity contribution in [2.24, 2.45) is 0 Å². The second kappa shape index (κ2) is 7.63. The molecule has 0 heterocycles. The zero-order chi connectivity index (χ0) is 16.8. The minimum Gasteiger partial charge on any atom is -0.326 e. The lowest BCUT2D eigenvalue weighted by molar-refractivity contribution is -0.123. The fourth-order valence-electron chi connectivity index (χ4n) is 1.80. The van der Waals surface area contributed by atoms with Crippen LogP contribution in [0, 0.1) is 11.3 Å². The van der Waals surface area contributed by atoms with E-state index in [1.807, 2.05) is 6.07 Å². The molecule has 116 valence electrons. The summed E-state index contributed by atoms with van der Waals surface area (Å²) in [5, 5.41) is 14.6. The van der Waals surface area contributed by atoms with Gasteiger partial charge in [0.15, 0.2) is 0 Å². The van der Waals surface area contributed by atoms with Crippen molar-refractivity contribution in [3.05, 3.63) is 58.1 Å². The summed E-state index contributed by atoms with van der Waals surface area (Å²) in [5.41, 5.74) is 1.32. The molecule has 0 unspecified atom stereocenters. The van der Waals surface area contributed by atoms with E-state index < -0.39 is 11.8 Å². The molecule has 23 heavy (non-hydrogen) atoms. The summed E-state index contributed by atoms with van der Waals surface area (Å²) in [4.78, 5) is 23.7. The molecule has 0 saturated heterocycles. The Kier molecular flexibility index (Phi) is 5.58. The number of nitrogens with zero attached hydrogens (tertiary/aromatic N) is 1. The van der Waals surface area contributed by atoms with Gasteiger partial charge in [0.2, 0.25) is 11.8 Å². The molecule has 0 radical (unpaired) electrons. The van der Waals surface area contributed by atoms with Gasteiger partial charge in [-0.2, -0.15) is 5.26 Å². The first-order valence-electron chi connectivity index (χ1n) is 6.53. The van der Waals surface area contributed by atoms with Gasteiger partial charge in [0.1, 0.15) is 6.42 Å². The minimum absolute atomic E-state index is 0.308. The summed E-state index contributed by atoms with van der Waals surface area (Å²) in [7, 11) is 0. The quantitative estimate of drug-likeness (QED) is 0.824. The molecular weight excluding hydrogens is 337 g/mol. The zero-order valence-electron chi connectivity index (χ0n) is 11.8.